The molecular weight excluding hydrogens is 289 g/mol. The van der Waals surface area contributed by atoms with Gasteiger partial charge in [0.15, 0.2) is 0 Å². The molecule has 1 aromatic rings. The molecule has 0 spiro atoms. The van der Waals surface area contributed by atoms with Gasteiger partial charge in [0.1, 0.15) is 5.69 Å². The average Bonchev–Trinajstić information content (AvgIpc) is 2.04. The van der Waals surface area contributed by atoms with Crippen LogP contribution in [0.15, 0.2) is 6.20 Å². The Bertz CT molecular complexity index is 315. The summed E-state index contributed by atoms with van der Waals surface area (Å²) in [7, 11) is 0. The molecule has 1 heterocycles. The van der Waals surface area contributed by atoms with E-state index in [1.807, 2.05) is 22.6 Å². The Hall–Kier alpha value is -0.300. The van der Waals surface area contributed by atoms with Crippen molar-refractivity contribution in [2.75, 3.05) is 0 Å². The molecule has 2 N–H and O–H groups in total. The van der Waals surface area contributed by atoms with Crippen LogP contribution in [0, 0.1) is 10.5 Å². The van der Waals surface area contributed by atoms with Gasteiger partial charge in [0.25, 0.3) is 6.43 Å². The molecule has 13 heavy (non-hydrogen) atoms. The van der Waals surface area contributed by atoms with Crippen molar-refractivity contribution in [3.05, 3.63) is 26.6 Å². The van der Waals surface area contributed by atoms with Gasteiger partial charge < -0.3 is 5.73 Å². The van der Waals surface area contributed by atoms with Crippen molar-refractivity contribution in [1.29, 1.82) is 0 Å². The van der Waals surface area contributed by atoms with Gasteiger partial charge in [0.05, 0.1) is 0 Å². The zero-order valence-corrected chi connectivity index (χ0v) is 9.18. The maximum Gasteiger partial charge on any atom is 0.280 e. The summed E-state index contributed by atoms with van der Waals surface area (Å²) in [6.07, 6.45) is -1.10. The number of hydrogen-bond donors (Lipinski definition) is 1. The topological polar surface area (TPSA) is 38.9 Å². The number of rotatable bonds is 2. The lowest BCUT2D eigenvalue weighted by Crippen LogP contribution is -2.06. The molecule has 0 aromatic carbocycles. The summed E-state index contributed by atoms with van der Waals surface area (Å²) in [4.78, 5) is 3.67. The smallest absolute Gasteiger partial charge is 0.280 e. The van der Waals surface area contributed by atoms with E-state index in [-0.39, 0.29) is 12.2 Å². The van der Waals surface area contributed by atoms with E-state index in [1.54, 1.807) is 6.92 Å². The molecule has 1 aromatic heterocycles. The Morgan fingerprint density at radius 1 is 1.62 bits per heavy atom. The fourth-order valence-electron chi connectivity index (χ4n) is 1.11. The minimum atomic E-state index is -2.53. The van der Waals surface area contributed by atoms with Crippen LogP contribution in [0.5, 0.6) is 0 Å². The molecule has 0 fully saturated rings. The van der Waals surface area contributed by atoms with Gasteiger partial charge in [-0.05, 0) is 40.6 Å². The highest BCUT2D eigenvalue weighted by molar-refractivity contribution is 14.1. The van der Waals surface area contributed by atoms with Gasteiger partial charge in [-0.1, -0.05) is 0 Å². The van der Waals surface area contributed by atoms with Crippen molar-refractivity contribution in [3.63, 3.8) is 0 Å². The first-order valence-electron chi connectivity index (χ1n) is 3.70. The molecule has 0 aliphatic carbocycles. The summed E-state index contributed by atoms with van der Waals surface area (Å²) in [6, 6.07) is 0. The maximum absolute atomic E-state index is 12.4. The Labute approximate surface area is 88.7 Å². The molecule has 72 valence electrons. The molecule has 0 amide bonds. The Morgan fingerprint density at radius 3 is 2.69 bits per heavy atom. The van der Waals surface area contributed by atoms with Crippen LogP contribution in [0.4, 0.5) is 8.78 Å². The molecule has 0 bridgehead atoms. The van der Waals surface area contributed by atoms with Crippen LogP contribution in [-0.4, -0.2) is 4.98 Å². The van der Waals surface area contributed by atoms with Crippen molar-refractivity contribution in [2.45, 2.75) is 19.9 Å². The van der Waals surface area contributed by atoms with Crippen LogP contribution >= 0.6 is 22.6 Å². The van der Waals surface area contributed by atoms with E-state index in [0.717, 1.165) is 9.13 Å². The predicted molar refractivity (Wildman–Crippen MR) is 54.5 cm³/mol. The zero-order chi connectivity index (χ0) is 10.0. The van der Waals surface area contributed by atoms with Gasteiger partial charge in [-0.3, -0.25) is 4.98 Å². The van der Waals surface area contributed by atoms with Crippen molar-refractivity contribution in [2.24, 2.45) is 5.73 Å². The second kappa shape index (κ2) is 4.28. The first-order valence-corrected chi connectivity index (χ1v) is 4.78. The number of alkyl halides is 2. The monoisotopic (exact) mass is 298 g/mol. The summed E-state index contributed by atoms with van der Waals surface area (Å²) in [6.45, 7) is 1.89. The molecule has 2 nitrogen and oxygen atoms in total. The number of nitrogens with two attached hydrogens (primary N) is 1. The van der Waals surface area contributed by atoms with E-state index in [9.17, 15) is 8.78 Å². The minimum absolute atomic E-state index is 0.166. The van der Waals surface area contributed by atoms with Crippen LogP contribution in [0.2, 0.25) is 0 Å². The molecule has 5 heteroatoms. The average molecular weight is 298 g/mol. The molecule has 0 radical (unpaired) electrons. The second-order valence-corrected chi connectivity index (χ2v) is 3.76. The van der Waals surface area contributed by atoms with Crippen LogP contribution < -0.4 is 5.73 Å². The third kappa shape index (κ3) is 2.14. The Kier molecular flexibility index (Phi) is 3.55. The molecule has 0 saturated carbocycles. The van der Waals surface area contributed by atoms with Gasteiger partial charge >= 0.3 is 0 Å². The maximum atomic E-state index is 12.4. The third-order valence-electron chi connectivity index (χ3n) is 1.85. The predicted octanol–water partition coefficient (Wildman–Crippen LogP) is 2.39. The molecule has 0 atom stereocenters. The fraction of sp³-hybridized carbons (Fsp3) is 0.375. The van der Waals surface area contributed by atoms with Gasteiger partial charge in [-0.15, -0.1) is 0 Å². The quantitative estimate of drug-likeness (QED) is 0.852. The van der Waals surface area contributed by atoms with Crippen LogP contribution in [0.3, 0.4) is 0 Å². The Balaban J connectivity index is 3.27. The van der Waals surface area contributed by atoms with Gasteiger partial charge in [0.2, 0.25) is 0 Å². The number of nitrogens with zero attached hydrogens (tertiary/aromatic N) is 1. The fourth-order valence-corrected chi connectivity index (χ4v) is 1.87. The van der Waals surface area contributed by atoms with E-state index >= 15 is 0 Å². The van der Waals surface area contributed by atoms with Crippen LogP contribution in [0.25, 0.3) is 0 Å². The standard InChI is InChI=1S/C8H9F2IN2/c1-4-5(2-12)6(11)3-13-7(4)8(9)10/h3,8H,2,12H2,1H3. The lowest BCUT2D eigenvalue weighted by Gasteiger charge is -2.09. The van der Waals surface area contributed by atoms with E-state index in [4.69, 9.17) is 5.73 Å². The number of hydrogen-bond acceptors (Lipinski definition) is 2. The molecule has 0 aliphatic rings. The summed E-state index contributed by atoms with van der Waals surface area (Å²) in [5.74, 6) is 0. The van der Waals surface area contributed by atoms with Crippen molar-refractivity contribution < 1.29 is 8.78 Å². The van der Waals surface area contributed by atoms with E-state index in [1.165, 1.54) is 6.20 Å². The second-order valence-electron chi connectivity index (χ2n) is 2.60. The van der Waals surface area contributed by atoms with Gasteiger partial charge in [-0.2, -0.15) is 0 Å². The van der Waals surface area contributed by atoms with E-state index in [0.29, 0.717) is 5.56 Å². The summed E-state index contributed by atoms with van der Waals surface area (Å²) in [5, 5.41) is 0. The van der Waals surface area contributed by atoms with Crippen molar-refractivity contribution in [3.8, 4) is 0 Å². The summed E-state index contributed by atoms with van der Waals surface area (Å²) < 4.78 is 25.6. The SMILES string of the molecule is Cc1c(C(F)F)ncc(I)c1CN. The number of aromatic nitrogens is 1. The first kappa shape index (κ1) is 10.8. The molecular formula is C8H9F2IN2. The van der Waals surface area contributed by atoms with Crippen molar-refractivity contribution in [1.82, 2.24) is 4.98 Å². The van der Waals surface area contributed by atoms with Crippen LogP contribution in [-0.2, 0) is 6.54 Å². The largest absolute Gasteiger partial charge is 0.326 e. The van der Waals surface area contributed by atoms with Crippen LogP contribution in [0.1, 0.15) is 23.2 Å². The lowest BCUT2D eigenvalue weighted by atomic mass is 10.1. The number of pyridine rings is 1. The minimum Gasteiger partial charge on any atom is -0.326 e. The van der Waals surface area contributed by atoms with Crippen molar-refractivity contribution >= 4 is 22.6 Å². The highest BCUT2D eigenvalue weighted by Crippen LogP contribution is 2.25. The normalized spacial score (nSPS) is 10.9. The summed E-state index contributed by atoms with van der Waals surface area (Å²) in [5.41, 5.74) is 6.54. The molecule has 0 saturated heterocycles. The Morgan fingerprint density at radius 2 is 2.23 bits per heavy atom. The third-order valence-corrected chi connectivity index (χ3v) is 2.78. The first-order chi connectivity index (χ1) is 6.07. The lowest BCUT2D eigenvalue weighted by molar-refractivity contribution is 0.145. The van der Waals surface area contributed by atoms with Gasteiger partial charge in [0, 0.05) is 16.3 Å². The van der Waals surface area contributed by atoms with Gasteiger partial charge in [-0.25, -0.2) is 8.78 Å². The zero-order valence-electron chi connectivity index (χ0n) is 7.02. The highest BCUT2D eigenvalue weighted by atomic mass is 127. The van der Waals surface area contributed by atoms with E-state index < -0.39 is 6.43 Å². The van der Waals surface area contributed by atoms with E-state index in [2.05, 4.69) is 4.98 Å². The number of halogens is 3. The molecule has 1 rings (SSSR count). The molecule has 0 aliphatic heterocycles. The molecule has 0 unspecified atom stereocenters. The summed E-state index contributed by atoms with van der Waals surface area (Å²) >= 11 is 2.04. The highest BCUT2D eigenvalue weighted by Gasteiger charge is 2.15.